The van der Waals surface area contributed by atoms with Crippen LogP contribution in [0.3, 0.4) is 0 Å². The number of imidazole rings is 1. The molecule has 3 rings (SSSR count). The van der Waals surface area contributed by atoms with Gasteiger partial charge in [0.2, 0.25) is 0 Å². The Hall–Kier alpha value is -2.41. The Balaban J connectivity index is 1.93. The van der Waals surface area contributed by atoms with Crippen LogP contribution in [0.4, 0.5) is 0 Å². The number of carbonyl (C=O) groups is 2. The van der Waals surface area contributed by atoms with Gasteiger partial charge in [0, 0.05) is 25.4 Å². The third-order valence-electron chi connectivity index (χ3n) is 3.41. The van der Waals surface area contributed by atoms with E-state index in [1.807, 2.05) is 6.07 Å². The third kappa shape index (κ3) is 2.01. The van der Waals surface area contributed by atoms with Crippen LogP contribution in [0.5, 0.6) is 0 Å². The Kier molecular flexibility index (Phi) is 2.90. The number of aliphatic carboxylic acids is 1. The van der Waals surface area contributed by atoms with E-state index in [0.29, 0.717) is 5.65 Å². The second-order valence-corrected chi connectivity index (χ2v) is 4.79. The zero-order valence-corrected chi connectivity index (χ0v) is 10.5. The molecule has 3 heterocycles. The van der Waals surface area contributed by atoms with Gasteiger partial charge in [-0.05, 0) is 12.1 Å². The highest BCUT2D eigenvalue weighted by molar-refractivity contribution is 5.96. The van der Waals surface area contributed by atoms with Crippen LogP contribution in [0.15, 0.2) is 30.6 Å². The van der Waals surface area contributed by atoms with E-state index in [0.717, 1.165) is 4.90 Å². The number of aliphatic hydroxyl groups excluding tert-OH is 1. The van der Waals surface area contributed by atoms with Gasteiger partial charge in [0.25, 0.3) is 5.91 Å². The number of hydrogen-bond acceptors (Lipinski definition) is 4. The summed E-state index contributed by atoms with van der Waals surface area (Å²) in [6.45, 7) is 0.0175. The summed E-state index contributed by atoms with van der Waals surface area (Å²) >= 11 is 0. The van der Waals surface area contributed by atoms with Gasteiger partial charge < -0.3 is 19.5 Å². The smallest absolute Gasteiger partial charge is 0.326 e. The maximum absolute atomic E-state index is 12.4. The third-order valence-corrected chi connectivity index (χ3v) is 3.41. The molecule has 2 N–H and O–H groups in total. The molecule has 0 aromatic carbocycles. The van der Waals surface area contributed by atoms with Crippen LogP contribution in [0, 0.1) is 0 Å². The van der Waals surface area contributed by atoms with Gasteiger partial charge in [0.15, 0.2) is 0 Å². The van der Waals surface area contributed by atoms with Crippen molar-refractivity contribution in [1.82, 2.24) is 14.3 Å². The maximum atomic E-state index is 12.4. The van der Waals surface area contributed by atoms with Crippen molar-refractivity contribution in [3.63, 3.8) is 0 Å². The summed E-state index contributed by atoms with van der Waals surface area (Å²) in [5, 5.41) is 18.7. The summed E-state index contributed by atoms with van der Waals surface area (Å²) in [7, 11) is 0. The normalized spacial score (nSPS) is 22.4. The summed E-state index contributed by atoms with van der Waals surface area (Å²) in [5.74, 6) is -1.59. The Labute approximate surface area is 114 Å². The van der Waals surface area contributed by atoms with Crippen molar-refractivity contribution in [2.45, 2.75) is 18.6 Å². The van der Waals surface area contributed by atoms with Crippen molar-refractivity contribution in [3.05, 3.63) is 36.3 Å². The Morgan fingerprint density at radius 1 is 1.35 bits per heavy atom. The van der Waals surface area contributed by atoms with E-state index in [4.69, 9.17) is 5.11 Å². The number of carboxylic acids is 1. The molecular weight excluding hydrogens is 262 g/mol. The average Bonchev–Trinajstić information content (AvgIpc) is 3.01. The zero-order chi connectivity index (χ0) is 14.3. The monoisotopic (exact) mass is 275 g/mol. The summed E-state index contributed by atoms with van der Waals surface area (Å²) < 4.78 is 1.69. The summed E-state index contributed by atoms with van der Waals surface area (Å²) in [6, 6.07) is 4.37. The molecule has 1 aliphatic rings. The molecule has 7 heteroatoms. The summed E-state index contributed by atoms with van der Waals surface area (Å²) in [6.07, 6.45) is 2.56. The van der Waals surface area contributed by atoms with Crippen LogP contribution < -0.4 is 0 Å². The number of amides is 1. The number of carbonyl (C=O) groups excluding carboxylic acids is 1. The fourth-order valence-electron chi connectivity index (χ4n) is 2.46. The highest BCUT2D eigenvalue weighted by Gasteiger charge is 2.39. The maximum Gasteiger partial charge on any atom is 0.326 e. The van der Waals surface area contributed by atoms with Gasteiger partial charge in [-0.1, -0.05) is 6.07 Å². The number of pyridine rings is 1. The van der Waals surface area contributed by atoms with Gasteiger partial charge in [0.05, 0.1) is 6.10 Å². The lowest BCUT2D eigenvalue weighted by Crippen LogP contribution is -2.40. The molecule has 1 aliphatic heterocycles. The molecule has 1 saturated heterocycles. The topological polar surface area (TPSA) is 95.1 Å². The molecule has 0 aliphatic carbocycles. The van der Waals surface area contributed by atoms with Gasteiger partial charge in [-0.2, -0.15) is 0 Å². The first-order valence-corrected chi connectivity index (χ1v) is 6.22. The van der Waals surface area contributed by atoms with E-state index in [-0.39, 0.29) is 18.7 Å². The van der Waals surface area contributed by atoms with Gasteiger partial charge in [-0.3, -0.25) is 4.79 Å². The van der Waals surface area contributed by atoms with Crippen LogP contribution in [0.25, 0.3) is 5.65 Å². The van der Waals surface area contributed by atoms with E-state index in [1.54, 1.807) is 28.9 Å². The Morgan fingerprint density at radius 2 is 2.15 bits per heavy atom. The SMILES string of the molecule is O=C(O)C1CC(O)CN1C(=O)c1cn2ccccc2n1. The molecular formula is C13H13N3O4. The van der Waals surface area contributed by atoms with Crippen molar-refractivity contribution in [2.24, 2.45) is 0 Å². The molecule has 2 atom stereocenters. The molecule has 2 unspecified atom stereocenters. The fraction of sp³-hybridized carbons (Fsp3) is 0.308. The number of carboxylic acid groups (broad SMARTS) is 1. The van der Waals surface area contributed by atoms with Gasteiger partial charge in [-0.25, -0.2) is 9.78 Å². The Morgan fingerprint density at radius 3 is 2.85 bits per heavy atom. The molecule has 1 amide bonds. The number of β-amino-alcohol motifs (C(OH)–C–C–N with tert-alkyl or cyclic N) is 1. The number of fused-ring (bicyclic) bond motifs is 1. The minimum Gasteiger partial charge on any atom is -0.480 e. The molecule has 0 radical (unpaired) electrons. The first-order valence-electron chi connectivity index (χ1n) is 6.22. The second kappa shape index (κ2) is 4.61. The first-order chi connectivity index (χ1) is 9.56. The van der Waals surface area contributed by atoms with Crippen LogP contribution in [0.1, 0.15) is 16.9 Å². The summed E-state index contributed by atoms with van der Waals surface area (Å²) in [4.78, 5) is 28.8. The number of hydrogen-bond donors (Lipinski definition) is 2. The highest BCUT2D eigenvalue weighted by Crippen LogP contribution is 2.21. The molecule has 0 bridgehead atoms. The van der Waals surface area contributed by atoms with Gasteiger partial charge >= 0.3 is 5.97 Å². The van der Waals surface area contributed by atoms with Crippen LogP contribution in [-0.2, 0) is 4.79 Å². The molecule has 7 nitrogen and oxygen atoms in total. The molecule has 0 spiro atoms. The van der Waals surface area contributed by atoms with Crippen LogP contribution >= 0.6 is 0 Å². The van der Waals surface area contributed by atoms with Crippen molar-refractivity contribution in [1.29, 1.82) is 0 Å². The van der Waals surface area contributed by atoms with Gasteiger partial charge in [-0.15, -0.1) is 0 Å². The van der Waals surface area contributed by atoms with E-state index in [2.05, 4.69) is 4.98 Å². The zero-order valence-electron chi connectivity index (χ0n) is 10.5. The largest absolute Gasteiger partial charge is 0.480 e. The number of aromatic nitrogens is 2. The fourth-order valence-corrected chi connectivity index (χ4v) is 2.46. The molecule has 20 heavy (non-hydrogen) atoms. The lowest BCUT2D eigenvalue weighted by atomic mass is 10.2. The van der Waals surface area contributed by atoms with E-state index in [1.165, 1.54) is 0 Å². The van der Waals surface area contributed by atoms with E-state index in [9.17, 15) is 14.7 Å². The summed E-state index contributed by atoms with van der Waals surface area (Å²) in [5.41, 5.74) is 0.791. The van der Waals surface area contributed by atoms with Crippen molar-refractivity contribution in [2.75, 3.05) is 6.54 Å². The minimum absolute atomic E-state index is 0.0175. The van der Waals surface area contributed by atoms with Crippen LogP contribution in [-0.4, -0.2) is 55.1 Å². The van der Waals surface area contributed by atoms with Gasteiger partial charge in [0.1, 0.15) is 17.4 Å². The second-order valence-electron chi connectivity index (χ2n) is 4.79. The Bertz CT molecular complexity index is 648. The molecule has 2 aromatic heterocycles. The lowest BCUT2D eigenvalue weighted by molar-refractivity contribution is -0.141. The minimum atomic E-state index is -1.11. The molecule has 0 saturated carbocycles. The number of likely N-dealkylation sites (tertiary alicyclic amines) is 1. The quantitative estimate of drug-likeness (QED) is 0.804. The molecule has 1 fully saturated rings. The predicted molar refractivity (Wildman–Crippen MR) is 68.3 cm³/mol. The average molecular weight is 275 g/mol. The first kappa shape index (κ1) is 12.6. The highest BCUT2D eigenvalue weighted by atomic mass is 16.4. The van der Waals surface area contributed by atoms with Crippen molar-refractivity contribution < 1.29 is 19.8 Å². The number of aliphatic hydroxyl groups is 1. The molecule has 104 valence electrons. The van der Waals surface area contributed by atoms with Crippen molar-refractivity contribution in [3.8, 4) is 0 Å². The number of rotatable bonds is 2. The predicted octanol–water partition coefficient (Wildman–Crippen LogP) is -0.00570. The van der Waals surface area contributed by atoms with E-state index < -0.39 is 24.0 Å². The molecule has 2 aromatic rings. The lowest BCUT2D eigenvalue weighted by Gasteiger charge is -2.19. The standard InChI is InChI=1S/C13H13N3O4/c17-8-5-10(13(19)20)16(6-8)12(18)9-7-15-4-2-1-3-11(15)14-9/h1-4,7-8,10,17H,5-6H2,(H,19,20). The number of nitrogens with zero attached hydrogens (tertiary/aromatic N) is 3. The van der Waals surface area contributed by atoms with Crippen molar-refractivity contribution >= 4 is 17.5 Å². The van der Waals surface area contributed by atoms with Crippen LogP contribution in [0.2, 0.25) is 0 Å². The van der Waals surface area contributed by atoms with E-state index >= 15 is 0 Å².